The van der Waals surface area contributed by atoms with Crippen LogP contribution in [0, 0.1) is 10.1 Å². The summed E-state index contributed by atoms with van der Waals surface area (Å²) >= 11 is 0. The Balaban J connectivity index is 1.70. The standard InChI is InChI=1S/C29H32N4O6S/c1-22(29(35)30-24-13-8-9-14-24)31(20-23-11-4-2-5-12-23)28(34)21-32(25-15-10-16-26(19-25)33(36)37)40(38,39)27-17-6-3-7-18-27/h2-7,10-12,15-19,22,24H,8-9,13-14,20-21H2,1H3,(H,30,35)/t22-/m0/s1. The predicted octanol–water partition coefficient (Wildman–Crippen LogP) is 4.27. The Hall–Kier alpha value is -4.25. The maximum absolute atomic E-state index is 13.9. The van der Waals surface area contributed by atoms with Crippen molar-refractivity contribution in [1.29, 1.82) is 0 Å². The molecule has 10 nitrogen and oxygen atoms in total. The number of nitro benzene ring substituents is 1. The van der Waals surface area contributed by atoms with Gasteiger partial charge in [0.15, 0.2) is 0 Å². The number of hydrogen-bond acceptors (Lipinski definition) is 6. The summed E-state index contributed by atoms with van der Waals surface area (Å²) in [5.74, 6) is -0.937. The molecule has 0 spiro atoms. The number of nitrogens with one attached hydrogen (secondary N) is 1. The molecule has 3 aromatic carbocycles. The molecule has 0 bridgehead atoms. The van der Waals surface area contributed by atoms with Gasteiger partial charge in [-0.2, -0.15) is 0 Å². The molecule has 0 unspecified atom stereocenters. The zero-order valence-corrected chi connectivity index (χ0v) is 23.0. The molecule has 1 fully saturated rings. The minimum absolute atomic E-state index is 0.0332. The molecule has 1 aliphatic carbocycles. The predicted molar refractivity (Wildman–Crippen MR) is 151 cm³/mol. The van der Waals surface area contributed by atoms with Crippen molar-refractivity contribution in [2.75, 3.05) is 10.8 Å². The van der Waals surface area contributed by atoms with Gasteiger partial charge in [-0.3, -0.25) is 24.0 Å². The first-order valence-corrected chi connectivity index (χ1v) is 14.6. The number of carbonyl (C=O) groups is 2. The maximum atomic E-state index is 13.9. The molecule has 1 N–H and O–H groups in total. The largest absolute Gasteiger partial charge is 0.352 e. The Morgan fingerprint density at radius 3 is 2.23 bits per heavy atom. The zero-order valence-electron chi connectivity index (χ0n) is 22.2. The van der Waals surface area contributed by atoms with Crippen LogP contribution in [-0.4, -0.2) is 48.7 Å². The Morgan fingerprint density at radius 1 is 0.975 bits per heavy atom. The van der Waals surface area contributed by atoms with Crippen molar-refractivity contribution in [3.8, 4) is 0 Å². The van der Waals surface area contributed by atoms with Crippen LogP contribution >= 0.6 is 0 Å². The first-order chi connectivity index (χ1) is 19.2. The van der Waals surface area contributed by atoms with Crippen LogP contribution in [0.2, 0.25) is 0 Å². The zero-order chi connectivity index (χ0) is 28.7. The molecule has 11 heteroatoms. The second-order valence-corrected chi connectivity index (χ2v) is 11.6. The van der Waals surface area contributed by atoms with Crippen molar-refractivity contribution in [2.45, 2.75) is 56.1 Å². The van der Waals surface area contributed by atoms with Gasteiger partial charge in [0.2, 0.25) is 11.8 Å². The number of hydrogen-bond donors (Lipinski definition) is 1. The Labute approximate surface area is 233 Å². The van der Waals surface area contributed by atoms with Gasteiger partial charge in [-0.25, -0.2) is 8.42 Å². The van der Waals surface area contributed by atoms with Gasteiger partial charge in [-0.05, 0) is 43.5 Å². The van der Waals surface area contributed by atoms with Gasteiger partial charge in [0.25, 0.3) is 15.7 Å². The van der Waals surface area contributed by atoms with E-state index in [4.69, 9.17) is 0 Å². The molecule has 4 rings (SSSR count). The molecule has 3 aromatic rings. The first kappa shape index (κ1) is 28.8. The van der Waals surface area contributed by atoms with E-state index in [1.807, 2.05) is 30.3 Å². The number of rotatable bonds is 11. The van der Waals surface area contributed by atoms with E-state index in [1.54, 1.807) is 25.1 Å². The molecule has 1 atom stereocenters. The van der Waals surface area contributed by atoms with E-state index in [1.165, 1.54) is 35.2 Å². The Bertz CT molecular complexity index is 1440. The van der Waals surface area contributed by atoms with Crippen molar-refractivity contribution in [1.82, 2.24) is 10.2 Å². The fourth-order valence-electron chi connectivity index (χ4n) is 4.76. The van der Waals surface area contributed by atoms with E-state index < -0.39 is 33.4 Å². The molecule has 0 heterocycles. The van der Waals surface area contributed by atoms with Crippen LogP contribution in [0.4, 0.5) is 11.4 Å². The number of nitrogens with zero attached hydrogens (tertiary/aromatic N) is 3. The molecular formula is C29H32N4O6S. The third-order valence-corrected chi connectivity index (χ3v) is 8.79. The molecule has 1 aliphatic rings. The highest BCUT2D eigenvalue weighted by Crippen LogP contribution is 2.27. The monoisotopic (exact) mass is 564 g/mol. The number of anilines is 1. The normalized spacial score (nSPS) is 14.3. The van der Waals surface area contributed by atoms with Crippen molar-refractivity contribution in [2.24, 2.45) is 0 Å². The van der Waals surface area contributed by atoms with Gasteiger partial charge >= 0.3 is 0 Å². The van der Waals surface area contributed by atoms with Crippen molar-refractivity contribution in [3.63, 3.8) is 0 Å². The lowest BCUT2D eigenvalue weighted by Gasteiger charge is -2.32. The maximum Gasteiger partial charge on any atom is 0.271 e. The summed E-state index contributed by atoms with van der Waals surface area (Å²) in [6, 6.07) is 20.9. The summed E-state index contributed by atoms with van der Waals surface area (Å²) in [5, 5.41) is 14.5. The summed E-state index contributed by atoms with van der Waals surface area (Å²) in [6.45, 7) is 1.04. The summed E-state index contributed by atoms with van der Waals surface area (Å²) < 4.78 is 28.4. The third-order valence-electron chi connectivity index (χ3n) is 7.00. The van der Waals surface area contributed by atoms with Crippen LogP contribution in [0.3, 0.4) is 0 Å². The second-order valence-electron chi connectivity index (χ2n) is 9.77. The summed E-state index contributed by atoms with van der Waals surface area (Å²) in [5.41, 5.74) is 0.418. The van der Waals surface area contributed by atoms with Gasteiger partial charge in [0.1, 0.15) is 12.6 Å². The summed E-state index contributed by atoms with van der Waals surface area (Å²) in [7, 11) is -4.30. The quantitative estimate of drug-likeness (QED) is 0.274. The Kier molecular flexibility index (Phi) is 9.15. The number of amides is 2. The van der Waals surface area contributed by atoms with Crippen LogP contribution in [-0.2, 0) is 26.2 Å². The fraction of sp³-hybridized carbons (Fsp3) is 0.310. The van der Waals surface area contributed by atoms with Gasteiger partial charge in [0, 0.05) is 24.7 Å². The summed E-state index contributed by atoms with van der Waals surface area (Å²) in [6.07, 6.45) is 3.81. The highest BCUT2D eigenvalue weighted by molar-refractivity contribution is 7.92. The van der Waals surface area contributed by atoms with E-state index in [9.17, 15) is 28.1 Å². The minimum atomic E-state index is -4.30. The minimum Gasteiger partial charge on any atom is -0.352 e. The molecule has 0 saturated heterocycles. The highest BCUT2D eigenvalue weighted by Gasteiger charge is 2.33. The van der Waals surface area contributed by atoms with Crippen LogP contribution in [0.1, 0.15) is 38.2 Å². The van der Waals surface area contributed by atoms with Gasteiger partial charge < -0.3 is 10.2 Å². The number of benzene rings is 3. The van der Waals surface area contributed by atoms with Gasteiger partial charge in [0.05, 0.1) is 15.5 Å². The number of sulfonamides is 1. The molecule has 40 heavy (non-hydrogen) atoms. The molecule has 1 saturated carbocycles. The lowest BCUT2D eigenvalue weighted by Crippen LogP contribution is -2.52. The van der Waals surface area contributed by atoms with Gasteiger partial charge in [-0.15, -0.1) is 0 Å². The third kappa shape index (κ3) is 6.84. The van der Waals surface area contributed by atoms with Crippen LogP contribution in [0.25, 0.3) is 0 Å². The topological polar surface area (TPSA) is 130 Å². The van der Waals surface area contributed by atoms with E-state index in [2.05, 4.69) is 5.32 Å². The molecule has 2 amide bonds. The van der Waals surface area contributed by atoms with Crippen molar-refractivity contribution < 1.29 is 22.9 Å². The molecule has 0 radical (unpaired) electrons. The molecule has 210 valence electrons. The van der Waals surface area contributed by atoms with E-state index in [0.717, 1.165) is 41.6 Å². The van der Waals surface area contributed by atoms with Crippen LogP contribution in [0.15, 0.2) is 89.8 Å². The average Bonchev–Trinajstić information content (AvgIpc) is 3.48. The van der Waals surface area contributed by atoms with E-state index in [0.29, 0.717) is 0 Å². The fourth-order valence-corrected chi connectivity index (χ4v) is 6.19. The smallest absolute Gasteiger partial charge is 0.271 e. The summed E-state index contributed by atoms with van der Waals surface area (Å²) in [4.78, 5) is 39.2. The lowest BCUT2D eigenvalue weighted by atomic mass is 10.1. The molecule has 0 aliphatic heterocycles. The lowest BCUT2D eigenvalue weighted by molar-refractivity contribution is -0.384. The average molecular weight is 565 g/mol. The van der Waals surface area contributed by atoms with Crippen molar-refractivity contribution in [3.05, 3.63) is 101 Å². The van der Waals surface area contributed by atoms with Crippen LogP contribution in [0.5, 0.6) is 0 Å². The molecule has 0 aromatic heterocycles. The van der Waals surface area contributed by atoms with Crippen molar-refractivity contribution >= 4 is 33.2 Å². The number of nitro groups is 1. The second kappa shape index (κ2) is 12.7. The van der Waals surface area contributed by atoms with E-state index in [-0.39, 0.29) is 34.8 Å². The van der Waals surface area contributed by atoms with E-state index >= 15 is 0 Å². The Morgan fingerprint density at radius 2 is 1.60 bits per heavy atom. The highest BCUT2D eigenvalue weighted by atomic mass is 32.2. The van der Waals surface area contributed by atoms with Crippen LogP contribution < -0.4 is 9.62 Å². The molecular weight excluding hydrogens is 532 g/mol. The SMILES string of the molecule is C[C@@H](C(=O)NC1CCCC1)N(Cc1ccccc1)C(=O)CN(c1cccc([N+](=O)[O-])c1)S(=O)(=O)c1ccccc1. The van der Waals surface area contributed by atoms with Gasteiger partial charge in [-0.1, -0.05) is 67.4 Å². The first-order valence-electron chi connectivity index (χ1n) is 13.1. The number of carbonyl (C=O) groups excluding carboxylic acids is 2. The number of non-ortho nitro benzene ring substituents is 1.